The lowest BCUT2D eigenvalue weighted by Gasteiger charge is -2.26. The molecule has 8 nitrogen and oxygen atoms in total. The zero-order valence-corrected chi connectivity index (χ0v) is 24.9. The SMILES string of the molecule is CCOC(=O)COc1ccc2ccccc2c1/C=c1\sc2n(c1=O)[C@H](c1ccc(Cl)cc1)C(C(=O)OCC)=C(C(F)(F)F)N=2. The molecular weight excluding hydrogens is 621 g/mol. The molecule has 228 valence electrons. The molecule has 4 aromatic rings. The number of fused-ring (bicyclic) bond motifs is 2. The Morgan fingerprint density at radius 1 is 1.02 bits per heavy atom. The molecule has 0 unspecified atom stereocenters. The lowest BCUT2D eigenvalue weighted by atomic mass is 9.95. The highest BCUT2D eigenvalue weighted by molar-refractivity contribution is 7.07. The van der Waals surface area contributed by atoms with E-state index in [2.05, 4.69) is 4.99 Å². The predicted molar refractivity (Wildman–Crippen MR) is 158 cm³/mol. The third-order valence-corrected chi connectivity index (χ3v) is 7.87. The summed E-state index contributed by atoms with van der Waals surface area (Å²) >= 11 is 6.76. The standard InChI is InChI=1S/C31H24ClF3N2O6S/c1-3-41-24(38)16-43-22-14-11-17-7-5-6-8-20(17)21(22)15-23-28(39)37-26(18-9-12-19(32)13-10-18)25(29(40)42-4-2)27(31(33,34)35)36-30(37)44-23/h5-15,26H,3-4,16H2,1-2H3/b23-15-/t26-/m1/s1. The molecular formula is C31H24ClF3N2O6S. The number of esters is 2. The van der Waals surface area contributed by atoms with E-state index >= 15 is 0 Å². The second-order valence-corrected chi connectivity index (χ2v) is 10.9. The van der Waals surface area contributed by atoms with E-state index in [-0.39, 0.29) is 33.9 Å². The summed E-state index contributed by atoms with van der Waals surface area (Å²) in [4.78, 5) is 42.6. The van der Waals surface area contributed by atoms with Crippen molar-refractivity contribution in [2.24, 2.45) is 4.99 Å². The summed E-state index contributed by atoms with van der Waals surface area (Å²) in [6, 6.07) is 14.9. The maximum atomic E-state index is 14.4. The molecule has 0 aliphatic carbocycles. The summed E-state index contributed by atoms with van der Waals surface area (Å²) in [7, 11) is 0. The quantitative estimate of drug-likeness (QED) is 0.248. The fraction of sp³-hybridized carbons (Fsp3) is 0.226. The number of carbonyl (C=O) groups excluding carboxylic acids is 2. The van der Waals surface area contributed by atoms with Crippen molar-refractivity contribution in [1.29, 1.82) is 0 Å². The smallest absolute Gasteiger partial charge is 0.434 e. The lowest BCUT2D eigenvalue weighted by Crippen LogP contribution is -2.41. The number of halogens is 4. The van der Waals surface area contributed by atoms with Crippen LogP contribution in [0.2, 0.25) is 5.02 Å². The van der Waals surface area contributed by atoms with Crippen LogP contribution >= 0.6 is 22.9 Å². The molecule has 5 rings (SSSR count). The Morgan fingerprint density at radius 2 is 1.73 bits per heavy atom. The van der Waals surface area contributed by atoms with Crippen LogP contribution in [-0.2, 0) is 19.1 Å². The van der Waals surface area contributed by atoms with Gasteiger partial charge in [0.2, 0.25) is 0 Å². The van der Waals surface area contributed by atoms with Crippen LogP contribution in [0.1, 0.15) is 31.0 Å². The highest BCUT2D eigenvalue weighted by atomic mass is 35.5. The Morgan fingerprint density at radius 3 is 2.41 bits per heavy atom. The van der Waals surface area contributed by atoms with Crippen molar-refractivity contribution >= 4 is 51.7 Å². The van der Waals surface area contributed by atoms with Crippen LogP contribution in [0.15, 0.2) is 81.7 Å². The van der Waals surface area contributed by atoms with Gasteiger partial charge in [-0.1, -0.05) is 65.4 Å². The Hall–Kier alpha value is -4.42. The molecule has 0 saturated heterocycles. The minimum Gasteiger partial charge on any atom is -0.481 e. The van der Waals surface area contributed by atoms with E-state index in [4.69, 9.17) is 25.8 Å². The summed E-state index contributed by atoms with van der Waals surface area (Å²) in [5.74, 6) is -1.60. The Balaban J connectivity index is 1.78. The molecule has 3 aromatic carbocycles. The van der Waals surface area contributed by atoms with Gasteiger partial charge in [0, 0.05) is 10.6 Å². The largest absolute Gasteiger partial charge is 0.481 e. The summed E-state index contributed by atoms with van der Waals surface area (Å²) in [5, 5.41) is 1.76. The molecule has 44 heavy (non-hydrogen) atoms. The van der Waals surface area contributed by atoms with Gasteiger partial charge in [0.05, 0.1) is 29.4 Å². The summed E-state index contributed by atoms with van der Waals surface area (Å²) in [6.07, 6.45) is -3.56. The number of thiazole rings is 1. The molecule has 1 aliphatic rings. The topological polar surface area (TPSA) is 96.2 Å². The third-order valence-electron chi connectivity index (χ3n) is 6.64. The molecule has 0 spiro atoms. The van der Waals surface area contributed by atoms with Crippen LogP contribution in [-0.4, -0.2) is 42.5 Å². The van der Waals surface area contributed by atoms with Gasteiger partial charge in [-0.3, -0.25) is 9.36 Å². The van der Waals surface area contributed by atoms with Crippen molar-refractivity contribution in [3.8, 4) is 5.75 Å². The molecule has 1 aromatic heterocycles. The second kappa shape index (κ2) is 12.7. The minimum absolute atomic E-state index is 0.0201. The van der Waals surface area contributed by atoms with Crippen molar-refractivity contribution in [3.63, 3.8) is 0 Å². The highest BCUT2D eigenvalue weighted by Gasteiger charge is 2.45. The van der Waals surface area contributed by atoms with Crippen LogP contribution in [0.25, 0.3) is 16.8 Å². The van der Waals surface area contributed by atoms with E-state index in [1.54, 1.807) is 31.2 Å². The molecule has 0 amide bonds. The van der Waals surface area contributed by atoms with Gasteiger partial charge in [0.25, 0.3) is 5.56 Å². The number of ether oxygens (including phenoxy) is 3. The van der Waals surface area contributed by atoms with Crippen LogP contribution in [0, 0.1) is 0 Å². The van der Waals surface area contributed by atoms with Crippen molar-refractivity contribution in [3.05, 3.63) is 108 Å². The number of aromatic nitrogens is 1. The first-order valence-electron chi connectivity index (χ1n) is 13.4. The van der Waals surface area contributed by atoms with E-state index < -0.39 is 47.6 Å². The molecule has 0 bridgehead atoms. The van der Waals surface area contributed by atoms with E-state index in [1.807, 2.05) is 12.1 Å². The van der Waals surface area contributed by atoms with Gasteiger partial charge in [-0.25, -0.2) is 14.6 Å². The fourth-order valence-electron chi connectivity index (χ4n) is 4.82. The van der Waals surface area contributed by atoms with Crippen LogP contribution in [0.3, 0.4) is 0 Å². The molecule has 0 N–H and O–H groups in total. The fourth-order valence-corrected chi connectivity index (χ4v) is 5.93. The average molecular weight is 645 g/mol. The normalized spacial score (nSPS) is 15.1. The number of hydrogen-bond donors (Lipinski definition) is 0. The monoisotopic (exact) mass is 644 g/mol. The van der Waals surface area contributed by atoms with E-state index in [0.29, 0.717) is 16.0 Å². The molecule has 13 heteroatoms. The molecule has 1 atom stereocenters. The van der Waals surface area contributed by atoms with E-state index in [9.17, 15) is 27.6 Å². The number of hydrogen-bond acceptors (Lipinski definition) is 8. The highest BCUT2D eigenvalue weighted by Crippen LogP contribution is 2.38. The average Bonchev–Trinajstić information content (AvgIpc) is 3.30. The van der Waals surface area contributed by atoms with Gasteiger partial charge in [0.1, 0.15) is 5.75 Å². The van der Waals surface area contributed by atoms with Crippen molar-refractivity contribution in [2.75, 3.05) is 19.8 Å². The minimum atomic E-state index is -5.04. The van der Waals surface area contributed by atoms with Crippen LogP contribution in [0.4, 0.5) is 13.2 Å². The van der Waals surface area contributed by atoms with Crippen LogP contribution in [0.5, 0.6) is 5.75 Å². The van der Waals surface area contributed by atoms with Crippen molar-refractivity contribution in [2.45, 2.75) is 26.1 Å². The summed E-state index contributed by atoms with van der Waals surface area (Å²) in [5.41, 5.74) is -2.34. The number of nitrogens with zero attached hydrogens (tertiary/aromatic N) is 2. The van der Waals surface area contributed by atoms with Crippen molar-refractivity contribution < 1.29 is 37.0 Å². The zero-order chi connectivity index (χ0) is 31.6. The predicted octanol–water partition coefficient (Wildman–Crippen LogP) is 5.09. The third kappa shape index (κ3) is 6.13. The first kappa shape index (κ1) is 31.0. The first-order chi connectivity index (χ1) is 21.0. The number of benzene rings is 3. The number of rotatable bonds is 8. The van der Waals surface area contributed by atoms with E-state index in [0.717, 1.165) is 21.3 Å². The van der Waals surface area contributed by atoms with Gasteiger partial charge in [-0.05, 0) is 54.5 Å². The molecule has 0 radical (unpaired) electrons. The van der Waals surface area contributed by atoms with Crippen molar-refractivity contribution in [1.82, 2.24) is 4.57 Å². The summed E-state index contributed by atoms with van der Waals surface area (Å²) < 4.78 is 60.0. The summed E-state index contributed by atoms with van der Waals surface area (Å²) in [6.45, 7) is 2.69. The molecule has 2 heterocycles. The first-order valence-corrected chi connectivity index (χ1v) is 14.6. The number of allylic oxidation sites excluding steroid dienone is 1. The van der Waals surface area contributed by atoms with Crippen LogP contribution < -0.4 is 19.6 Å². The van der Waals surface area contributed by atoms with Gasteiger partial charge in [0.15, 0.2) is 17.1 Å². The molecule has 0 fully saturated rings. The Bertz CT molecular complexity index is 1970. The number of alkyl halides is 3. The van der Waals surface area contributed by atoms with Gasteiger partial charge in [-0.2, -0.15) is 13.2 Å². The number of carbonyl (C=O) groups is 2. The van der Waals surface area contributed by atoms with Gasteiger partial charge < -0.3 is 14.2 Å². The maximum Gasteiger partial charge on any atom is 0.434 e. The maximum absolute atomic E-state index is 14.4. The molecule has 0 saturated carbocycles. The lowest BCUT2D eigenvalue weighted by molar-refractivity contribution is -0.145. The molecule has 1 aliphatic heterocycles. The Kier molecular flexibility index (Phi) is 8.93. The van der Waals surface area contributed by atoms with E-state index in [1.165, 1.54) is 37.3 Å². The van der Waals surface area contributed by atoms with Gasteiger partial charge >= 0.3 is 18.1 Å². The zero-order valence-electron chi connectivity index (χ0n) is 23.3. The Labute approximate surface area is 257 Å². The van der Waals surface area contributed by atoms with Gasteiger partial charge in [-0.15, -0.1) is 0 Å². The second-order valence-electron chi connectivity index (χ2n) is 9.41.